The molecule has 0 bridgehead atoms. The topological polar surface area (TPSA) is 78.9 Å². The molecule has 0 saturated carbocycles. The molecule has 0 atom stereocenters. The number of nitrogen functional groups attached to an aromatic ring is 1. The average molecular weight is 255 g/mol. The van der Waals surface area contributed by atoms with Gasteiger partial charge >= 0.3 is 0 Å². The highest BCUT2D eigenvalue weighted by molar-refractivity contribution is 5.93. The van der Waals surface area contributed by atoms with Crippen molar-refractivity contribution in [3.05, 3.63) is 47.8 Å². The zero-order valence-corrected chi connectivity index (χ0v) is 11.1. The van der Waals surface area contributed by atoms with Crippen LogP contribution in [-0.4, -0.2) is 22.3 Å². The zero-order chi connectivity index (χ0) is 13.8. The number of rotatable bonds is 4. The molecular formula is C14H17N5. The summed E-state index contributed by atoms with van der Waals surface area (Å²) >= 11 is 0. The molecular weight excluding hydrogens is 238 g/mol. The van der Waals surface area contributed by atoms with Crippen molar-refractivity contribution in [2.24, 2.45) is 5.73 Å². The third-order valence-corrected chi connectivity index (χ3v) is 2.74. The number of aryl methyl sites for hydroxylation is 1. The maximum Gasteiger partial charge on any atom is 0.230 e. The molecule has 5 heteroatoms. The van der Waals surface area contributed by atoms with Crippen LogP contribution in [0.5, 0.6) is 0 Å². The quantitative estimate of drug-likeness (QED) is 0.648. The molecule has 0 aliphatic heterocycles. The number of aromatic nitrogens is 2. The van der Waals surface area contributed by atoms with E-state index in [1.54, 1.807) is 6.07 Å². The van der Waals surface area contributed by atoms with Gasteiger partial charge in [-0.25, -0.2) is 9.97 Å². The van der Waals surface area contributed by atoms with Gasteiger partial charge in [-0.15, -0.1) is 0 Å². The predicted octanol–water partition coefficient (Wildman–Crippen LogP) is 2.23. The van der Waals surface area contributed by atoms with Gasteiger partial charge in [-0.1, -0.05) is 18.2 Å². The van der Waals surface area contributed by atoms with Crippen LogP contribution in [0.2, 0.25) is 0 Å². The van der Waals surface area contributed by atoms with Gasteiger partial charge in [0.1, 0.15) is 11.5 Å². The molecule has 5 nitrogen and oxygen atoms in total. The Morgan fingerprint density at radius 3 is 2.53 bits per heavy atom. The van der Waals surface area contributed by atoms with E-state index in [0.717, 1.165) is 17.9 Å². The second-order valence-electron chi connectivity index (χ2n) is 4.19. The van der Waals surface area contributed by atoms with Crippen LogP contribution < -0.4 is 10.6 Å². The van der Waals surface area contributed by atoms with E-state index >= 15 is 0 Å². The van der Waals surface area contributed by atoms with E-state index in [2.05, 4.69) is 9.97 Å². The number of nitrogens with zero attached hydrogens (tertiary/aromatic N) is 3. The van der Waals surface area contributed by atoms with Gasteiger partial charge in [0.2, 0.25) is 5.95 Å². The third kappa shape index (κ3) is 2.88. The Hall–Kier alpha value is -2.43. The minimum absolute atomic E-state index is 0.0455. The van der Waals surface area contributed by atoms with Crippen molar-refractivity contribution in [1.29, 1.82) is 5.41 Å². The Labute approximate surface area is 112 Å². The molecule has 1 heterocycles. The molecule has 2 aromatic rings. The number of benzene rings is 1. The van der Waals surface area contributed by atoms with Crippen LogP contribution in [0, 0.1) is 12.3 Å². The normalized spacial score (nSPS) is 10.2. The van der Waals surface area contributed by atoms with Gasteiger partial charge < -0.3 is 10.6 Å². The van der Waals surface area contributed by atoms with Gasteiger partial charge in [-0.2, -0.15) is 0 Å². The van der Waals surface area contributed by atoms with Gasteiger partial charge in [0.05, 0.1) is 0 Å². The highest BCUT2D eigenvalue weighted by atomic mass is 15.3. The van der Waals surface area contributed by atoms with Crippen molar-refractivity contribution in [2.75, 3.05) is 11.4 Å². The van der Waals surface area contributed by atoms with Crippen molar-refractivity contribution in [3.8, 4) is 0 Å². The van der Waals surface area contributed by atoms with E-state index in [1.165, 1.54) is 0 Å². The van der Waals surface area contributed by atoms with Crippen LogP contribution in [-0.2, 0) is 0 Å². The van der Waals surface area contributed by atoms with Crippen LogP contribution in [0.4, 0.5) is 11.6 Å². The number of anilines is 2. The van der Waals surface area contributed by atoms with Crippen LogP contribution in [0.25, 0.3) is 0 Å². The minimum Gasteiger partial charge on any atom is -0.382 e. The second kappa shape index (κ2) is 5.48. The van der Waals surface area contributed by atoms with Crippen LogP contribution in [0.15, 0.2) is 36.4 Å². The number of nitrogens with one attached hydrogen (secondary N) is 1. The Kier molecular flexibility index (Phi) is 3.75. The molecule has 0 spiro atoms. The fourth-order valence-corrected chi connectivity index (χ4v) is 1.86. The summed E-state index contributed by atoms with van der Waals surface area (Å²) in [6.45, 7) is 4.65. The van der Waals surface area contributed by atoms with E-state index < -0.39 is 0 Å². The average Bonchev–Trinajstić information content (AvgIpc) is 2.40. The van der Waals surface area contributed by atoms with Gasteiger partial charge in [0, 0.05) is 17.9 Å². The summed E-state index contributed by atoms with van der Waals surface area (Å²) in [6, 6.07) is 11.6. The van der Waals surface area contributed by atoms with Crippen molar-refractivity contribution < 1.29 is 0 Å². The summed E-state index contributed by atoms with van der Waals surface area (Å²) in [5, 5.41) is 7.50. The Balaban J connectivity index is 2.47. The maximum absolute atomic E-state index is 7.50. The first-order valence-electron chi connectivity index (χ1n) is 6.14. The fourth-order valence-electron chi connectivity index (χ4n) is 1.86. The number of nitrogens with two attached hydrogens (primary N) is 1. The van der Waals surface area contributed by atoms with E-state index in [9.17, 15) is 0 Å². The smallest absolute Gasteiger partial charge is 0.230 e. The van der Waals surface area contributed by atoms with Crippen molar-refractivity contribution in [2.45, 2.75) is 13.8 Å². The zero-order valence-electron chi connectivity index (χ0n) is 11.1. The van der Waals surface area contributed by atoms with E-state index in [-0.39, 0.29) is 5.84 Å². The van der Waals surface area contributed by atoms with Gasteiger partial charge in [-0.3, -0.25) is 5.41 Å². The van der Waals surface area contributed by atoms with Gasteiger partial charge in [0.25, 0.3) is 0 Å². The summed E-state index contributed by atoms with van der Waals surface area (Å²) in [5.74, 6) is 0.523. The van der Waals surface area contributed by atoms with Crippen LogP contribution in [0.3, 0.4) is 0 Å². The predicted molar refractivity (Wildman–Crippen MR) is 76.9 cm³/mol. The molecule has 3 N–H and O–H groups in total. The first-order valence-corrected chi connectivity index (χ1v) is 6.14. The molecule has 0 aliphatic carbocycles. The highest BCUT2D eigenvalue weighted by Crippen LogP contribution is 2.21. The molecule has 19 heavy (non-hydrogen) atoms. The van der Waals surface area contributed by atoms with Crippen molar-refractivity contribution in [1.82, 2.24) is 9.97 Å². The Bertz CT molecular complexity index is 580. The lowest BCUT2D eigenvalue weighted by Gasteiger charge is -2.21. The maximum atomic E-state index is 7.50. The number of amidine groups is 1. The van der Waals surface area contributed by atoms with Gasteiger partial charge in [0.15, 0.2) is 0 Å². The first-order chi connectivity index (χ1) is 9.11. The molecule has 0 amide bonds. The summed E-state index contributed by atoms with van der Waals surface area (Å²) < 4.78 is 0. The lowest BCUT2D eigenvalue weighted by Crippen LogP contribution is -2.22. The summed E-state index contributed by atoms with van der Waals surface area (Å²) in [4.78, 5) is 10.8. The molecule has 2 rings (SSSR count). The Morgan fingerprint density at radius 2 is 1.95 bits per heavy atom. The molecule has 0 saturated heterocycles. The highest BCUT2D eigenvalue weighted by Gasteiger charge is 2.12. The lowest BCUT2D eigenvalue weighted by atomic mass is 10.3. The molecule has 98 valence electrons. The monoisotopic (exact) mass is 255 g/mol. The standard InChI is InChI=1S/C14H17N5/c1-3-19(11-7-5-4-6-8-11)14-17-10(2)9-12(18-14)13(15)16/h4-9H,3H2,1-2H3,(H3,15,16). The molecule has 0 aliphatic rings. The minimum atomic E-state index is -0.0455. The number of para-hydroxylation sites is 1. The first kappa shape index (κ1) is 13.0. The molecule has 0 fully saturated rings. The molecule has 0 radical (unpaired) electrons. The SMILES string of the molecule is CCN(c1ccccc1)c1nc(C)cc(C(=N)N)n1. The Morgan fingerprint density at radius 1 is 1.26 bits per heavy atom. The summed E-state index contributed by atoms with van der Waals surface area (Å²) in [6.07, 6.45) is 0. The molecule has 0 unspecified atom stereocenters. The van der Waals surface area contributed by atoms with E-state index in [4.69, 9.17) is 11.1 Å². The fraction of sp³-hybridized carbons (Fsp3) is 0.214. The third-order valence-electron chi connectivity index (χ3n) is 2.74. The largest absolute Gasteiger partial charge is 0.382 e. The van der Waals surface area contributed by atoms with E-state index in [1.807, 2.05) is 49.1 Å². The van der Waals surface area contributed by atoms with Crippen molar-refractivity contribution in [3.63, 3.8) is 0 Å². The lowest BCUT2D eigenvalue weighted by molar-refractivity contribution is 0.929. The van der Waals surface area contributed by atoms with Crippen molar-refractivity contribution >= 4 is 17.5 Å². The second-order valence-corrected chi connectivity index (χ2v) is 4.19. The molecule has 1 aromatic heterocycles. The molecule has 1 aromatic carbocycles. The summed E-state index contributed by atoms with van der Waals surface area (Å²) in [7, 11) is 0. The number of hydrogen-bond acceptors (Lipinski definition) is 4. The van der Waals surface area contributed by atoms with Crippen LogP contribution in [0.1, 0.15) is 18.3 Å². The summed E-state index contributed by atoms with van der Waals surface area (Å²) in [5.41, 5.74) is 7.78. The van der Waals surface area contributed by atoms with Crippen LogP contribution >= 0.6 is 0 Å². The van der Waals surface area contributed by atoms with Gasteiger partial charge in [-0.05, 0) is 32.0 Å². The number of hydrogen-bond donors (Lipinski definition) is 2. The van der Waals surface area contributed by atoms with E-state index in [0.29, 0.717) is 11.6 Å².